The van der Waals surface area contributed by atoms with E-state index in [1.165, 1.54) is 4.90 Å². The van der Waals surface area contributed by atoms with E-state index in [-0.39, 0.29) is 6.04 Å². The first kappa shape index (κ1) is 14.0. The maximum absolute atomic E-state index is 12.2. The summed E-state index contributed by atoms with van der Waals surface area (Å²) >= 11 is 0. The highest BCUT2D eigenvalue weighted by Crippen LogP contribution is 2.19. The Balaban J connectivity index is 1.70. The third-order valence-corrected chi connectivity index (χ3v) is 3.61. The van der Waals surface area contributed by atoms with Gasteiger partial charge in [-0.15, -0.1) is 0 Å². The van der Waals surface area contributed by atoms with Crippen LogP contribution in [-0.4, -0.2) is 74.5 Å². The van der Waals surface area contributed by atoms with Crippen LogP contribution >= 0.6 is 0 Å². The molecule has 2 fully saturated rings. The molecule has 0 aromatic rings. The Morgan fingerprint density at radius 2 is 1.67 bits per heavy atom. The molecule has 2 aliphatic rings. The zero-order valence-electron chi connectivity index (χ0n) is 10.3. The topological polar surface area (TPSA) is 41.7 Å². The number of piperazine rings is 1. The molecule has 2 unspecified atom stereocenters. The quantitative estimate of drug-likeness (QED) is 0.790. The molecule has 18 heavy (non-hydrogen) atoms. The van der Waals surface area contributed by atoms with E-state index in [1.54, 1.807) is 0 Å². The van der Waals surface area contributed by atoms with Crippen molar-refractivity contribution < 1.29 is 17.9 Å². The minimum atomic E-state index is -4.09. The van der Waals surface area contributed by atoms with Gasteiger partial charge in [0.15, 0.2) is 0 Å². The Labute approximate surface area is 105 Å². The standard InChI is InChI=1S/C11H20F3N3O/c12-11(13,14)8-17-3-1-16(2-4-17)5-9-6-18-7-10(9)15/h9-10H,1-8,15H2. The summed E-state index contributed by atoms with van der Waals surface area (Å²) in [5.74, 6) is 0.319. The van der Waals surface area contributed by atoms with Crippen molar-refractivity contribution >= 4 is 0 Å². The summed E-state index contributed by atoms with van der Waals surface area (Å²) < 4.78 is 42.0. The summed E-state index contributed by atoms with van der Waals surface area (Å²) in [5, 5.41) is 0. The lowest BCUT2D eigenvalue weighted by Gasteiger charge is -2.36. The number of halogens is 3. The van der Waals surface area contributed by atoms with Crippen LogP contribution in [0.2, 0.25) is 0 Å². The Kier molecular flexibility index (Phi) is 4.47. The predicted molar refractivity (Wildman–Crippen MR) is 61.2 cm³/mol. The van der Waals surface area contributed by atoms with Gasteiger partial charge in [0.2, 0.25) is 0 Å². The van der Waals surface area contributed by atoms with Gasteiger partial charge in [-0.3, -0.25) is 4.90 Å². The molecule has 0 bridgehead atoms. The zero-order chi connectivity index (χ0) is 13.2. The van der Waals surface area contributed by atoms with E-state index in [0.29, 0.717) is 45.3 Å². The highest BCUT2D eigenvalue weighted by molar-refractivity contribution is 4.83. The lowest BCUT2D eigenvalue weighted by Crippen LogP contribution is -2.51. The van der Waals surface area contributed by atoms with Crippen LogP contribution in [0.5, 0.6) is 0 Å². The van der Waals surface area contributed by atoms with Gasteiger partial charge < -0.3 is 15.4 Å². The second kappa shape index (κ2) is 5.73. The van der Waals surface area contributed by atoms with Crippen molar-refractivity contribution in [1.29, 1.82) is 0 Å². The van der Waals surface area contributed by atoms with Crippen molar-refractivity contribution in [3.05, 3.63) is 0 Å². The normalized spacial score (nSPS) is 32.0. The minimum absolute atomic E-state index is 0.0678. The van der Waals surface area contributed by atoms with Gasteiger partial charge in [-0.2, -0.15) is 13.2 Å². The molecule has 0 aromatic heterocycles. The Morgan fingerprint density at radius 3 is 2.17 bits per heavy atom. The van der Waals surface area contributed by atoms with E-state index in [1.807, 2.05) is 0 Å². The molecule has 0 aromatic carbocycles. The molecule has 7 heteroatoms. The number of hydrogen-bond donors (Lipinski definition) is 1. The van der Waals surface area contributed by atoms with Gasteiger partial charge in [-0.1, -0.05) is 0 Å². The number of rotatable bonds is 3. The first-order valence-electron chi connectivity index (χ1n) is 6.29. The van der Waals surface area contributed by atoms with Crippen LogP contribution in [0.1, 0.15) is 0 Å². The molecule has 2 atom stereocenters. The van der Waals surface area contributed by atoms with Crippen LogP contribution in [0.4, 0.5) is 13.2 Å². The van der Waals surface area contributed by atoms with E-state index in [9.17, 15) is 13.2 Å². The van der Waals surface area contributed by atoms with E-state index in [0.717, 1.165) is 6.54 Å². The third kappa shape index (κ3) is 4.08. The van der Waals surface area contributed by atoms with Gasteiger partial charge in [0.25, 0.3) is 0 Å². The fourth-order valence-electron chi connectivity index (χ4n) is 2.52. The van der Waals surface area contributed by atoms with Crippen LogP contribution in [0.15, 0.2) is 0 Å². The Morgan fingerprint density at radius 1 is 1.06 bits per heavy atom. The van der Waals surface area contributed by atoms with Crippen molar-refractivity contribution in [2.45, 2.75) is 12.2 Å². The fourth-order valence-corrected chi connectivity index (χ4v) is 2.52. The maximum atomic E-state index is 12.2. The molecule has 2 N–H and O–H groups in total. The van der Waals surface area contributed by atoms with Crippen molar-refractivity contribution in [3.8, 4) is 0 Å². The summed E-state index contributed by atoms with van der Waals surface area (Å²) in [4.78, 5) is 3.65. The molecule has 4 nitrogen and oxygen atoms in total. The van der Waals surface area contributed by atoms with Gasteiger partial charge in [-0.05, 0) is 0 Å². The van der Waals surface area contributed by atoms with Crippen LogP contribution in [0.25, 0.3) is 0 Å². The lowest BCUT2D eigenvalue weighted by molar-refractivity contribution is -0.149. The number of hydrogen-bond acceptors (Lipinski definition) is 4. The molecule has 106 valence electrons. The summed E-state index contributed by atoms with van der Waals surface area (Å²) in [5.41, 5.74) is 5.90. The second-order valence-electron chi connectivity index (χ2n) is 5.15. The molecule has 2 rings (SSSR count). The Bertz CT molecular complexity index is 267. The molecule has 0 radical (unpaired) electrons. The van der Waals surface area contributed by atoms with Crippen molar-refractivity contribution in [2.75, 3.05) is 52.5 Å². The largest absolute Gasteiger partial charge is 0.401 e. The highest BCUT2D eigenvalue weighted by Gasteiger charge is 2.33. The smallest absolute Gasteiger partial charge is 0.379 e. The van der Waals surface area contributed by atoms with Crippen molar-refractivity contribution in [2.24, 2.45) is 11.7 Å². The number of ether oxygens (including phenoxy) is 1. The lowest BCUT2D eigenvalue weighted by atomic mass is 10.0. The van der Waals surface area contributed by atoms with E-state index in [4.69, 9.17) is 10.5 Å². The Hall–Kier alpha value is -0.370. The van der Waals surface area contributed by atoms with Gasteiger partial charge in [0, 0.05) is 44.7 Å². The van der Waals surface area contributed by atoms with E-state index >= 15 is 0 Å². The average Bonchev–Trinajstić information content (AvgIpc) is 2.65. The molecule has 0 spiro atoms. The first-order valence-corrected chi connectivity index (χ1v) is 6.29. The summed E-state index contributed by atoms with van der Waals surface area (Å²) in [7, 11) is 0. The molecule has 0 saturated carbocycles. The average molecular weight is 267 g/mol. The van der Waals surface area contributed by atoms with Crippen LogP contribution in [0.3, 0.4) is 0 Å². The molecule has 0 aliphatic carbocycles. The highest BCUT2D eigenvalue weighted by atomic mass is 19.4. The van der Waals surface area contributed by atoms with Crippen LogP contribution < -0.4 is 5.73 Å². The first-order chi connectivity index (χ1) is 8.44. The van der Waals surface area contributed by atoms with Crippen molar-refractivity contribution in [1.82, 2.24) is 9.80 Å². The summed E-state index contributed by atoms with van der Waals surface area (Å²) in [6.07, 6.45) is -4.09. The van der Waals surface area contributed by atoms with Gasteiger partial charge in [0.1, 0.15) is 0 Å². The van der Waals surface area contributed by atoms with Gasteiger partial charge in [-0.25, -0.2) is 0 Å². The number of nitrogens with zero attached hydrogens (tertiary/aromatic N) is 2. The zero-order valence-corrected chi connectivity index (χ0v) is 10.3. The molecule has 0 amide bonds. The van der Waals surface area contributed by atoms with Crippen LogP contribution in [-0.2, 0) is 4.74 Å². The minimum Gasteiger partial charge on any atom is -0.379 e. The fraction of sp³-hybridized carbons (Fsp3) is 1.00. The third-order valence-electron chi connectivity index (χ3n) is 3.61. The van der Waals surface area contributed by atoms with Crippen molar-refractivity contribution in [3.63, 3.8) is 0 Å². The number of alkyl halides is 3. The molecule has 2 heterocycles. The molecule has 2 aliphatic heterocycles. The van der Waals surface area contributed by atoms with Crippen LogP contribution in [0, 0.1) is 5.92 Å². The van der Waals surface area contributed by atoms with Gasteiger partial charge in [0.05, 0.1) is 19.8 Å². The van der Waals surface area contributed by atoms with E-state index in [2.05, 4.69) is 4.90 Å². The monoisotopic (exact) mass is 267 g/mol. The maximum Gasteiger partial charge on any atom is 0.401 e. The second-order valence-corrected chi connectivity index (χ2v) is 5.15. The molecular weight excluding hydrogens is 247 g/mol. The molecular formula is C11H20F3N3O. The summed E-state index contributed by atoms with van der Waals surface area (Å²) in [6.45, 7) is 3.61. The SMILES string of the molecule is NC1COCC1CN1CCN(CC(F)(F)F)CC1. The van der Waals surface area contributed by atoms with Gasteiger partial charge >= 0.3 is 6.18 Å². The number of nitrogens with two attached hydrogens (primary N) is 1. The summed E-state index contributed by atoms with van der Waals surface area (Å²) in [6, 6.07) is 0.0678. The van der Waals surface area contributed by atoms with E-state index < -0.39 is 12.7 Å². The predicted octanol–water partition coefficient (Wildman–Crippen LogP) is 0.140. The molecule has 2 saturated heterocycles.